The number of ether oxygens (including phenoxy) is 1. The van der Waals surface area contributed by atoms with Crippen LogP contribution >= 0.6 is 0 Å². The van der Waals surface area contributed by atoms with Crippen LogP contribution in [0.25, 0.3) is 21.9 Å². The van der Waals surface area contributed by atoms with E-state index in [1.165, 1.54) is 34.3 Å². The van der Waals surface area contributed by atoms with Gasteiger partial charge in [0.05, 0.1) is 17.1 Å². The van der Waals surface area contributed by atoms with Gasteiger partial charge in [0.25, 0.3) is 0 Å². The SMILES string of the molecule is Cc1c(-c2cc3cc(N(C(N)=O)C4CC(F)C4)ncc3c(NC(=O)OC(C)(C)C)c2F)cnc2c1N(C(=O)O)CCC2. The highest BCUT2D eigenvalue weighted by atomic mass is 19.1. The Balaban J connectivity index is 1.70. The molecule has 2 aliphatic rings. The lowest BCUT2D eigenvalue weighted by molar-refractivity contribution is 0.0635. The minimum Gasteiger partial charge on any atom is -0.465 e. The average Bonchev–Trinajstić information content (AvgIpc) is 2.88. The van der Waals surface area contributed by atoms with Gasteiger partial charge in [0.15, 0.2) is 5.82 Å². The van der Waals surface area contributed by atoms with Gasteiger partial charge in [-0.3, -0.25) is 20.1 Å². The number of urea groups is 1. The lowest BCUT2D eigenvalue weighted by atomic mass is 9.89. The largest absolute Gasteiger partial charge is 0.465 e. The molecule has 0 bridgehead atoms. The van der Waals surface area contributed by atoms with Crippen LogP contribution in [0.3, 0.4) is 0 Å². The van der Waals surface area contributed by atoms with Crippen LogP contribution in [0.5, 0.6) is 0 Å². The van der Waals surface area contributed by atoms with Gasteiger partial charge in [0.2, 0.25) is 0 Å². The first-order valence-electron chi connectivity index (χ1n) is 13.6. The van der Waals surface area contributed by atoms with Crippen LogP contribution in [-0.2, 0) is 11.2 Å². The Labute approximate surface area is 240 Å². The summed E-state index contributed by atoms with van der Waals surface area (Å²) >= 11 is 0. The zero-order valence-corrected chi connectivity index (χ0v) is 23.7. The van der Waals surface area contributed by atoms with E-state index in [0.717, 1.165) is 0 Å². The number of nitrogens with one attached hydrogen (secondary N) is 1. The van der Waals surface area contributed by atoms with Crippen molar-refractivity contribution in [1.29, 1.82) is 0 Å². The molecule has 0 saturated heterocycles. The molecule has 3 heterocycles. The van der Waals surface area contributed by atoms with E-state index in [9.17, 15) is 23.9 Å². The van der Waals surface area contributed by atoms with Gasteiger partial charge >= 0.3 is 18.2 Å². The van der Waals surface area contributed by atoms with Crippen LogP contribution in [0.15, 0.2) is 24.5 Å². The normalized spacial score (nSPS) is 18.2. The van der Waals surface area contributed by atoms with E-state index in [2.05, 4.69) is 15.3 Å². The molecule has 222 valence electrons. The Bertz CT molecular complexity index is 1600. The lowest BCUT2D eigenvalue weighted by Gasteiger charge is -2.37. The number of pyridine rings is 2. The monoisotopic (exact) mass is 582 g/mol. The number of rotatable bonds is 4. The predicted octanol–water partition coefficient (Wildman–Crippen LogP) is 5.91. The fourth-order valence-electron chi connectivity index (χ4n) is 5.49. The summed E-state index contributed by atoms with van der Waals surface area (Å²) in [4.78, 5) is 48.3. The maximum atomic E-state index is 16.4. The predicted molar refractivity (Wildman–Crippen MR) is 153 cm³/mol. The van der Waals surface area contributed by atoms with Crippen LogP contribution in [0.2, 0.25) is 0 Å². The maximum absolute atomic E-state index is 16.4. The van der Waals surface area contributed by atoms with Gasteiger partial charge < -0.3 is 15.6 Å². The zero-order valence-electron chi connectivity index (χ0n) is 23.7. The molecular formula is C29H32F2N6O5. The minimum absolute atomic E-state index is 0.0347. The van der Waals surface area contributed by atoms with E-state index >= 15 is 4.39 Å². The topological polar surface area (TPSA) is 151 Å². The van der Waals surface area contributed by atoms with Gasteiger partial charge in [0, 0.05) is 41.5 Å². The fraction of sp³-hybridized carbons (Fsp3) is 0.414. The third-order valence-electron chi connectivity index (χ3n) is 7.45. The average molecular weight is 583 g/mol. The molecule has 1 fully saturated rings. The minimum atomic E-state index is -1.14. The molecule has 1 aromatic carbocycles. The summed E-state index contributed by atoms with van der Waals surface area (Å²) < 4.78 is 35.4. The van der Waals surface area contributed by atoms with Crippen molar-refractivity contribution in [2.75, 3.05) is 21.7 Å². The summed E-state index contributed by atoms with van der Waals surface area (Å²) in [6.45, 7) is 6.98. The summed E-state index contributed by atoms with van der Waals surface area (Å²) in [6, 6.07) is 1.74. The van der Waals surface area contributed by atoms with E-state index in [1.807, 2.05) is 0 Å². The number of alkyl halides is 1. The Hall–Kier alpha value is -4.55. The smallest absolute Gasteiger partial charge is 0.412 e. The molecule has 4 amide bonds. The van der Waals surface area contributed by atoms with Gasteiger partial charge in [-0.1, -0.05) is 0 Å². The number of primary amides is 1. The summed E-state index contributed by atoms with van der Waals surface area (Å²) in [5, 5.41) is 12.9. The molecule has 42 heavy (non-hydrogen) atoms. The molecule has 13 heteroatoms. The summed E-state index contributed by atoms with van der Waals surface area (Å²) in [6.07, 6.45) is 1.10. The molecule has 11 nitrogen and oxygen atoms in total. The number of carbonyl (C=O) groups is 3. The van der Waals surface area contributed by atoms with Gasteiger partial charge in [-0.25, -0.2) is 28.1 Å². The highest BCUT2D eigenvalue weighted by Crippen LogP contribution is 2.41. The molecule has 1 aliphatic carbocycles. The first-order valence-corrected chi connectivity index (χ1v) is 13.6. The number of benzene rings is 1. The lowest BCUT2D eigenvalue weighted by Crippen LogP contribution is -2.51. The standard InChI is InChI=1S/C29H32F2N6O5/c1-14-19(12-33-21-6-5-7-36(25(14)21)28(40)41)18-8-15-9-22(37(26(32)38)17-10-16(30)11-17)34-13-20(15)24(23(18)31)35-27(39)42-29(2,3)4/h8-9,12-13,16-17H,5-7,10-11H2,1-4H3,(H2,32,38)(H,35,39)(H,40,41). The highest BCUT2D eigenvalue weighted by molar-refractivity contribution is 6.05. The van der Waals surface area contributed by atoms with Crippen LogP contribution in [0.4, 0.5) is 40.4 Å². The first-order chi connectivity index (χ1) is 19.7. The van der Waals surface area contributed by atoms with Crippen LogP contribution in [0, 0.1) is 12.7 Å². The number of hydrogen-bond acceptors (Lipinski definition) is 6. The molecule has 1 saturated carbocycles. The second-order valence-electron chi connectivity index (χ2n) is 11.6. The van der Waals surface area contributed by atoms with Gasteiger partial charge in [-0.05, 0) is 76.5 Å². The van der Waals surface area contributed by atoms with Crippen molar-refractivity contribution in [2.45, 2.75) is 71.2 Å². The molecular weight excluding hydrogens is 550 g/mol. The van der Waals surface area contributed by atoms with Crippen molar-refractivity contribution in [3.05, 3.63) is 41.6 Å². The maximum Gasteiger partial charge on any atom is 0.412 e. The van der Waals surface area contributed by atoms with Crippen LogP contribution < -0.4 is 20.9 Å². The highest BCUT2D eigenvalue weighted by Gasteiger charge is 2.37. The summed E-state index contributed by atoms with van der Waals surface area (Å²) in [5.74, 6) is -0.665. The quantitative estimate of drug-likeness (QED) is 0.346. The Morgan fingerprint density at radius 3 is 2.50 bits per heavy atom. The molecule has 1 aliphatic heterocycles. The zero-order chi connectivity index (χ0) is 30.5. The van der Waals surface area contributed by atoms with Crippen molar-refractivity contribution in [2.24, 2.45) is 5.73 Å². The number of amides is 4. The Morgan fingerprint density at radius 1 is 1.17 bits per heavy atom. The number of nitrogens with zero attached hydrogens (tertiary/aromatic N) is 4. The van der Waals surface area contributed by atoms with Crippen molar-refractivity contribution < 1.29 is 33.0 Å². The second kappa shape index (κ2) is 10.7. The van der Waals surface area contributed by atoms with Crippen molar-refractivity contribution >= 4 is 46.2 Å². The van der Waals surface area contributed by atoms with Gasteiger partial charge in [0.1, 0.15) is 17.6 Å². The molecule has 2 aromatic heterocycles. The molecule has 3 aromatic rings. The van der Waals surface area contributed by atoms with Crippen LogP contribution in [0.1, 0.15) is 51.3 Å². The number of halogens is 2. The third kappa shape index (κ3) is 5.38. The molecule has 5 rings (SSSR count). The number of anilines is 3. The molecule has 0 atom stereocenters. The van der Waals surface area contributed by atoms with E-state index in [4.69, 9.17) is 10.5 Å². The van der Waals surface area contributed by atoms with Gasteiger partial charge in [-0.15, -0.1) is 0 Å². The third-order valence-corrected chi connectivity index (χ3v) is 7.45. The van der Waals surface area contributed by atoms with Crippen molar-refractivity contribution in [3.8, 4) is 11.1 Å². The van der Waals surface area contributed by atoms with Crippen LogP contribution in [-0.4, -0.2) is 57.7 Å². The number of fused-ring (bicyclic) bond motifs is 2. The first kappa shape index (κ1) is 29.0. The number of carbonyl (C=O) groups excluding carboxylic acids is 2. The fourth-order valence-corrected chi connectivity index (χ4v) is 5.49. The number of aryl methyl sites for hydroxylation is 1. The van der Waals surface area contributed by atoms with E-state index in [1.54, 1.807) is 27.7 Å². The number of aromatic nitrogens is 2. The number of hydrogen-bond donors (Lipinski definition) is 3. The molecule has 4 N–H and O–H groups in total. The van der Waals surface area contributed by atoms with Gasteiger partial charge in [-0.2, -0.15) is 0 Å². The Kier molecular flexibility index (Phi) is 7.37. The molecule has 0 unspecified atom stereocenters. The Morgan fingerprint density at radius 2 is 1.88 bits per heavy atom. The summed E-state index contributed by atoms with van der Waals surface area (Å²) in [7, 11) is 0. The van der Waals surface area contributed by atoms with E-state index in [-0.39, 0.29) is 41.8 Å². The van der Waals surface area contributed by atoms with Crippen molar-refractivity contribution in [1.82, 2.24) is 9.97 Å². The summed E-state index contributed by atoms with van der Waals surface area (Å²) in [5.41, 5.74) is 6.38. The van der Waals surface area contributed by atoms with Crippen molar-refractivity contribution in [3.63, 3.8) is 0 Å². The van der Waals surface area contributed by atoms with E-state index < -0.39 is 41.8 Å². The molecule has 0 radical (unpaired) electrons. The number of nitrogens with two attached hydrogens (primary N) is 1. The molecule has 0 spiro atoms. The second-order valence-corrected chi connectivity index (χ2v) is 11.6. The van der Waals surface area contributed by atoms with E-state index in [0.29, 0.717) is 40.7 Å². The number of carboxylic acid groups (broad SMARTS) is 1.